The molecule has 6 heteroatoms. The summed E-state index contributed by atoms with van der Waals surface area (Å²) in [5.41, 5.74) is 3.00. The van der Waals surface area contributed by atoms with E-state index in [1.807, 2.05) is 42.5 Å². The molecule has 2 aromatic carbocycles. The third kappa shape index (κ3) is 4.28. The molecular formula is C23H28FN3O2. The van der Waals surface area contributed by atoms with Crippen LogP contribution < -0.4 is 10.6 Å². The molecule has 1 saturated heterocycles. The Bertz CT molecular complexity index is 832. The number of nitrogens with one attached hydrogen (secondary N) is 2. The van der Waals surface area contributed by atoms with E-state index < -0.39 is 12.2 Å². The average Bonchev–Trinajstić information content (AvgIpc) is 3.07. The number of rotatable bonds is 5. The van der Waals surface area contributed by atoms with E-state index in [1.54, 1.807) is 0 Å². The van der Waals surface area contributed by atoms with Gasteiger partial charge in [-0.1, -0.05) is 61.5 Å². The van der Waals surface area contributed by atoms with Crippen LogP contribution >= 0.6 is 0 Å². The Morgan fingerprint density at radius 1 is 1.17 bits per heavy atom. The molecule has 1 fully saturated rings. The number of likely N-dealkylation sites (N-methyl/N-ethyl adjacent to an activating group) is 1. The molecule has 154 valence electrons. The molecule has 0 bridgehead atoms. The second kappa shape index (κ2) is 8.93. The summed E-state index contributed by atoms with van der Waals surface area (Å²) in [4.78, 5) is 14.9. The number of hydrogen-bond donors (Lipinski definition) is 2. The zero-order chi connectivity index (χ0) is 20.2. The number of amides is 2. The van der Waals surface area contributed by atoms with E-state index in [1.165, 1.54) is 5.56 Å². The normalized spacial score (nSPS) is 26.7. The first-order valence-corrected chi connectivity index (χ1v) is 10.3. The van der Waals surface area contributed by atoms with Crippen molar-refractivity contribution in [3.63, 3.8) is 0 Å². The number of morpholine rings is 1. The van der Waals surface area contributed by atoms with E-state index in [0.29, 0.717) is 19.6 Å². The minimum Gasteiger partial charge on any atom is -0.373 e. The summed E-state index contributed by atoms with van der Waals surface area (Å²) in [6, 6.07) is 16.9. The molecule has 2 aromatic rings. The smallest absolute Gasteiger partial charge is 0.315 e. The Morgan fingerprint density at radius 3 is 2.72 bits per heavy atom. The van der Waals surface area contributed by atoms with E-state index in [9.17, 15) is 9.18 Å². The van der Waals surface area contributed by atoms with E-state index in [0.717, 1.165) is 24.2 Å². The Balaban J connectivity index is 1.40. The summed E-state index contributed by atoms with van der Waals surface area (Å²) >= 11 is 0. The van der Waals surface area contributed by atoms with Crippen molar-refractivity contribution >= 4 is 6.03 Å². The maximum Gasteiger partial charge on any atom is 0.315 e. The van der Waals surface area contributed by atoms with Crippen LogP contribution in [0.5, 0.6) is 0 Å². The summed E-state index contributed by atoms with van der Waals surface area (Å²) < 4.78 is 20.5. The van der Waals surface area contributed by atoms with Crippen LogP contribution in [-0.2, 0) is 11.2 Å². The van der Waals surface area contributed by atoms with Crippen molar-refractivity contribution in [1.29, 1.82) is 0 Å². The molecule has 5 nitrogen and oxygen atoms in total. The minimum atomic E-state index is -1.10. The van der Waals surface area contributed by atoms with Gasteiger partial charge in [0.15, 0.2) is 0 Å². The predicted octanol–water partition coefficient (Wildman–Crippen LogP) is 3.38. The van der Waals surface area contributed by atoms with Gasteiger partial charge in [0.05, 0.1) is 24.8 Å². The second-order valence-electron chi connectivity index (χ2n) is 7.64. The molecule has 0 radical (unpaired) electrons. The number of fused-ring (bicyclic) bond motifs is 1. The number of benzene rings is 2. The van der Waals surface area contributed by atoms with Crippen molar-refractivity contribution in [2.75, 3.05) is 26.2 Å². The molecule has 4 rings (SSSR count). The quantitative estimate of drug-likeness (QED) is 0.813. The molecule has 1 heterocycles. The van der Waals surface area contributed by atoms with E-state index in [-0.39, 0.29) is 18.2 Å². The third-order valence-corrected chi connectivity index (χ3v) is 5.92. The van der Waals surface area contributed by atoms with Crippen LogP contribution in [-0.4, -0.2) is 49.4 Å². The van der Waals surface area contributed by atoms with Gasteiger partial charge in [-0.25, -0.2) is 9.18 Å². The van der Waals surface area contributed by atoms with Gasteiger partial charge in [0.1, 0.15) is 6.17 Å². The summed E-state index contributed by atoms with van der Waals surface area (Å²) in [5.74, 6) is 0. The maximum absolute atomic E-state index is 14.4. The molecule has 1 aliphatic carbocycles. The van der Waals surface area contributed by atoms with E-state index in [2.05, 4.69) is 34.6 Å². The molecule has 2 N–H and O–H groups in total. The third-order valence-electron chi connectivity index (χ3n) is 5.92. The number of nitrogens with zero attached hydrogens (tertiary/aromatic N) is 1. The van der Waals surface area contributed by atoms with Crippen LogP contribution in [0, 0.1) is 0 Å². The fourth-order valence-electron chi connectivity index (χ4n) is 4.49. The number of carbonyl (C=O) groups is 1. The van der Waals surface area contributed by atoms with Gasteiger partial charge in [-0.3, -0.25) is 4.90 Å². The molecule has 29 heavy (non-hydrogen) atoms. The van der Waals surface area contributed by atoms with Crippen LogP contribution in [0.2, 0.25) is 0 Å². The van der Waals surface area contributed by atoms with Gasteiger partial charge in [0.2, 0.25) is 0 Å². The van der Waals surface area contributed by atoms with Crippen molar-refractivity contribution in [3.8, 4) is 0 Å². The lowest BCUT2D eigenvalue weighted by Gasteiger charge is -2.41. The highest BCUT2D eigenvalue weighted by Gasteiger charge is 2.35. The number of halogens is 1. The number of carbonyl (C=O) groups excluding carboxylic acids is 1. The summed E-state index contributed by atoms with van der Waals surface area (Å²) in [6.07, 6.45) is -0.917. The number of ether oxygens (including phenoxy) is 1. The summed E-state index contributed by atoms with van der Waals surface area (Å²) in [5, 5.41) is 5.72. The number of alkyl halides is 1. The van der Waals surface area contributed by atoms with Gasteiger partial charge in [-0.05, 0) is 23.2 Å². The van der Waals surface area contributed by atoms with Crippen LogP contribution in [0.4, 0.5) is 9.18 Å². The largest absolute Gasteiger partial charge is 0.373 e. The molecule has 2 amide bonds. The fraction of sp³-hybridized carbons (Fsp3) is 0.435. The van der Waals surface area contributed by atoms with Gasteiger partial charge >= 0.3 is 6.03 Å². The second-order valence-corrected chi connectivity index (χ2v) is 7.64. The minimum absolute atomic E-state index is 0.0800. The van der Waals surface area contributed by atoms with E-state index in [4.69, 9.17) is 4.74 Å². The Kier molecular flexibility index (Phi) is 6.11. The predicted molar refractivity (Wildman–Crippen MR) is 110 cm³/mol. The van der Waals surface area contributed by atoms with Gasteiger partial charge < -0.3 is 15.4 Å². The van der Waals surface area contributed by atoms with Gasteiger partial charge in [0, 0.05) is 19.5 Å². The van der Waals surface area contributed by atoms with Crippen molar-refractivity contribution in [2.45, 2.75) is 37.7 Å². The topological polar surface area (TPSA) is 53.6 Å². The lowest BCUT2D eigenvalue weighted by Crippen LogP contribution is -2.51. The lowest BCUT2D eigenvalue weighted by atomic mass is 9.98. The first-order valence-electron chi connectivity index (χ1n) is 10.3. The first kappa shape index (κ1) is 19.9. The molecule has 2 aliphatic rings. The standard InChI is InChI=1S/C23H28FN3O2/c1-2-27-12-13-29-20(22(27)16-8-4-3-5-9-16)15-25-23(28)26-21-18-11-7-6-10-17(18)14-19(21)24/h3-11,19-22H,2,12-15H2,1H3,(H2,25,26,28)/t19-,20+,21+,22+/m0/s1. The first-order chi connectivity index (χ1) is 14.2. The molecule has 0 spiro atoms. The zero-order valence-corrected chi connectivity index (χ0v) is 16.7. The summed E-state index contributed by atoms with van der Waals surface area (Å²) in [6.45, 7) is 4.91. The zero-order valence-electron chi connectivity index (χ0n) is 16.7. The monoisotopic (exact) mass is 397 g/mol. The molecule has 0 saturated carbocycles. The summed E-state index contributed by atoms with van der Waals surface area (Å²) in [7, 11) is 0. The molecule has 4 atom stereocenters. The SMILES string of the molecule is CCN1CCO[C@H](CNC(=O)N[C@@H]2c3ccccc3C[C@@H]2F)[C@H]1c1ccccc1. The Labute approximate surface area is 171 Å². The molecule has 0 aromatic heterocycles. The van der Waals surface area contributed by atoms with Gasteiger partial charge in [0.25, 0.3) is 0 Å². The van der Waals surface area contributed by atoms with Gasteiger partial charge in [-0.2, -0.15) is 0 Å². The van der Waals surface area contributed by atoms with Gasteiger partial charge in [-0.15, -0.1) is 0 Å². The van der Waals surface area contributed by atoms with Crippen LogP contribution in [0.25, 0.3) is 0 Å². The highest BCUT2D eigenvalue weighted by atomic mass is 19.1. The lowest BCUT2D eigenvalue weighted by molar-refractivity contribution is -0.0682. The Hall–Kier alpha value is -2.44. The molecule has 1 aliphatic heterocycles. The maximum atomic E-state index is 14.4. The fourth-order valence-corrected chi connectivity index (χ4v) is 4.49. The highest BCUT2D eigenvalue weighted by Crippen LogP contribution is 2.33. The van der Waals surface area contributed by atoms with Crippen molar-refractivity contribution < 1.29 is 13.9 Å². The number of urea groups is 1. The van der Waals surface area contributed by atoms with Crippen LogP contribution in [0.15, 0.2) is 54.6 Å². The van der Waals surface area contributed by atoms with Crippen LogP contribution in [0.1, 0.15) is 35.7 Å². The highest BCUT2D eigenvalue weighted by molar-refractivity contribution is 5.74. The Morgan fingerprint density at radius 2 is 1.93 bits per heavy atom. The van der Waals surface area contributed by atoms with Crippen molar-refractivity contribution in [1.82, 2.24) is 15.5 Å². The van der Waals surface area contributed by atoms with Crippen molar-refractivity contribution in [2.24, 2.45) is 0 Å². The van der Waals surface area contributed by atoms with Crippen molar-refractivity contribution in [3.05, 3.63) is 71.3 Å². The van der Waals surface area contributed by atoms with Crippen LogP contribution in [0.3, 0.4) is 0 Å². The molecule has 0 unspecified atom stereocenters. The van der Waals surface area contributed by atoms with E-state index >= 15 is 0 Å². The number of hydrogen-bond acceptors (Lipinski definition) is 3. The average molecular weight is 397 g/mol. The molecular weight excluding hydrogens is 369 g/mol.